The van der Waals surface area contributed by atoms with Gasteiger partial charge in [0.2, 0.25) is 0 Å². The number of rotatable bonds is 4. The van der Waals surface area contributed by atoms with E-state index in [0.29, 0.717) is 11.5 Å². The highest BCUT2D eigenvalue weighted by Crippen LogP contribution is 2.17. The minimum absolute atomic E-state index is 0.0266. The summed E-state index contributed by atoms with van der Waals surface area (Å²) in [5.74, 6) is 1.32. The fraction of sp³-hybridized carbons (Fsp3) is 0.556. The van der Waals surface area contributed by atoms with Crippen LogP contribution in [0.1, 0.15) is 13.8 Å². The molecule has 1 N–H and O–H groups in total. The number of fused-ring (bicyclic) bond motifs is 1. The van der Waals surface area contributed by atoms with Crippen LogP contribution in [0.4, 0.5) is 5.82 Å². The fourth-order valence-electron chi connectivity index (χ4n) is 1.12. The fourth-order valence-corrected chi connectivity index (χ4v) is 1.22. The third kappa shape index (κ3) is 2.38. The third-order valence-corrected chi connectivity index (χ3v) is 2.90. The van der Waals surface area contributed by atoms with Crippen LogP contribution in [0.25, 0.3) is 5.65 Å². The zero-order valence-electron chi connectivity index (χ0n) is 9.18. The first-order valence-corrected chi connectivity index (χ1v) is 5.49. The number of aromatic nitrogens is 5. The van der Waals surface area contributed by atoms with Gasteiger partial charge in [-0.25, -0.2) is 0 Å². The van der Waals surface area contributed by atoms with Gasteiger partial charge in [-0.2, -0.15) is 0 Å². The van der Waals surface area contributed by atoms with Crippen LogP contribution in [0.5, 0.6) is 0 Å². The Labute approximate surface area is 98.0 Å². The number of hydrogen-bond donors (Lipinski definition) is 1. The largest absolute Gasteiger partial charge is 0.368 e. The van der Waals surface area contributed by atoms with Crippen molar-refractivity contribution in [1.29, 1.82) is 0 Å². The van der Waals surface area contributed by atoms with Crippen molar-refractivity contribution in [2.75, 3.05) is 17.7 Å². The lowest BCUT2D eigenvalue weighted by atomic mass is 9.97. The van der Waals surface area contributed by atoms with E-state index in [1.807, 2.05) is 12.1 Å². The van der Waals surface area contributed by atoms with Crippen molar-refractivity contribution in [2.24, 2.45) is 5.41 Å². The number of nitrogens with zero attached hydrogens (tertiary/aromatic N) is 5. The van der Waals surface area contributed by atoms with E-state index in [2.05, 4.69) is 39.8 Å². The van der Waals surface area contributed by atoms with Crippen LogP contribution < -0.4 is 5.32 Å². The van der Waals surface area contributed by atoms with Crippen molar-refractivity contribution in [1.82, 2.24) is 25.3 Å². The maximum atomic E-state index is 5.84. The van der Waals surface area contributed by atoms with Crippen LogP contribution in [0.2, 0.25) is 0 Å². The van der Waals surface area contributed by atoms with Crippen molar-refractivity contribution < 1.29 is 0 Å². The van der Waals surface area contributed by atoms with Crippen LogP contribution >= 0.6 is 11.6 Å². The summed E-state index contributed by atoms with van der Waals surface area (Å²) in [5, 5.41) is 18.4. The van der Waals surface area contributed by atoms with E-state index in [-0.39, 0.29) is 5.41 Å². The number of nitrogens with one attached hydrogen (secondary N) is 1. The molecule has 0 aliphatic rings. The van der Waals surface area contributed by atoms with Crippen LogP contribution in [0.15, 0.2) is 12.1 Å². The Hall–Kier alpha value is -1.43. The van der Waals surface area contributed by atoms with Gasteiger partial charge in [0, 0.05) is 12.4 Å². The zero-order chi connectivity index (χ0) is 11.6. The molecule has 0 fully saturated rings. The summed E-state index contributed by atoms with van der Waals surface area (Å²) in [4.78, 5) is 0. The van der Waals surface area contributed by atoms with Gasteiger partial charge in [0.25, 0.3) is 0 Å². The van der Waals surface area contributed by atoms with Crippen molar-refractivity contribution in [3.8, 4) is 0 Å². The quantitative estimate of drug-likeness (QED) is 0.814. The highest BCUT2D eigenvalue weighted by molar-refractivity contribution is 6.18. The Balaban J connectivity index is 2.09. The predicted octanol–water partition coefficient (Wildman–Crippen LogP) is 1.20. The summed E-state index contributed by atoms with van der Waals surface area (Å²) in [6.07, 6.45) is 0. The topological polar surface area (TPSA) is 68.0 Å². The van der Waals surface area contributed by atoms with Crippen LogP contribution in [0.3, 0.4) is 0 Å². The number of anilines is 1. The van der Waals surface area contributed by atoms with E-state index >= 15 is 0 Å². The Bertz CT molecular complexity index is 480. The third-order valence-electron chi connectivity index (χ3n) is 2.18. The van der Waals surface area contributed by atoms with E-state index < -0.39 is 0 Å². The Morgan fingerprint density at radius 1 is 1.44 bits per heavy atom. The summed E-state index contributed by atoms with van der Waals surface area (Å²) in [7, 11) is 0. The summed E-state index contributed by atoms with van der Waals surface area (Å²) >= 11 is 5.84. The molecular weight excluding hydrogens is 228 g/mol. The molecule has 0 aliphatic carbocycles. The van der Waals surface area contributed by atoms with Crippen molar-refractivity contribution in [3.63, 3.8) is 0 Å². The molecule has 2 heterocycles. The first-order valence-electron chi connectivity index (χ1n) is 4.96. The molecule has 0 spiro atoms. The van der Waals surface area contributed by atoms with Gasteiger partial charge in [-0.3, -0.25) is 0 Å². The molecule has 6 nitrogen and oxygen atoms in total. The Morgan fingerprint density at radius 2 is 2.25 bits per heavy atom. The summed E-state index contributed by atoms with van der Waals surface area (Å²) in [6.45, 7) is 4.92. The molecule has 0 aliphatic heterocycles. The molecule has 0 saturated heterocycles. The average Bonchev–Trinajstić information content (AvgIpc) is 2.73. The first kappa shape index (κ1) is 11.1. The molecule has 2 rings (SSSR count). The molecule has 2 aromatic rings. The van der Waals surface area contributed by atoms with Gasteiger partial charge in [0.05, 0.1) is 0 Å². The van der Waals surface area contributed by atoms with Crippen LogP contribution in [0, 0.1) is 5.41 Å². The molecule has 0 saturated carbocycles. The minimum Gasteiger partial charge on any atom is -0.368 e. The number of hydrogen-bond acceptors (Lipinski definition) is 5. The van der Waals surface area contributed by atoms with E-state index in [1.54, 1.807) is 0 Å². The van der Waals surface area contributed by atoms with Gasteiger partial charge in [-0.15, -0.1) is 26.4 Å². The maximum Gasteiger partial charge on any atom is 0.200 e. The number of halogens is 1. The normalized spacial score (nSPS) is 11.9. The average molecular weight is 241 g/mol. The second-order valence-corrected chi connectivity index (χ2v) is 4.66. The summed E-state index contributed by atoms with van der Waals surface area (Å²) < 4.78 is 1.38. The van der Waals surface area contributed by atoms with Crippen LogP contribution in [-0.4, -0.2) is 37.7 Å². The monoisotopic (exact) mass is 240 g/mol. The second kappa shape index (κ2) is 4.21. The minimum atomic E-state index is 0.0266. The number of tetrazole rings is 1. The van der Waals surface area contributed by atoms with Gasteiger partial charge in [0.15, 0.2) is 5.65 Å². The zero-order valence-corrected chi connectivity index (χ0v) is 9.94. The smallest absolute Gasteiger partial charge is 0.200 e. The second-order valence-electron chi connectivity index (χ2n) is 4.40. The molecule has 0 atom stereocenters. The van der Waals surface area contributed by atoms with Gasteiger partial charge < -0.3 is 5.32 Å². The lowest BCUT2D eigenvalue weighted by Gasteiger charge is -2.21. The molecule has 86 valence electrons. The molecule has 2 aromatic heterocycles. The van der Waals surface area contributed by atoms with Gasteiger partial charge in [-0.05, 0) is 28.0 Å². The molecule has 0 amide bonds. The SMILES string of the molecule is CC(C)(CCl)CNc1ccc2nnnn2n1. The Morgan fingerprint density at radius 3 is 3.00 bits per heavy atom. The van der Waals surface area contributed by atoms with Gasteiger partial charge >= 0.3 is 0 Å². The molecule has 7 heteroatoms. The molecule has 0 bridgehead atoms. The highest BCUT2D eigenvalue weighted by Gasteiger charge is 2.16. The van der Waals surface area contributed by atoms with E-state index in [0.717, 1.165) is 12.4 Å². The van der Waals surface area contributed by atoms with E-state index in [4.69, 9.17) is 11.6 Å². The Kier molecular flexibility index (Phi) is 2.91. The maximum absolute atomic E-state index is 5.84. The van der Waals surface area contributed by atoms with Crippen LogP contribution in [-0.2, 0) is 0 Å². The standard InChI is InChI=1S/C9H13ClN6/c1-9(2,5-10)6-11-7-3-4-8-12-14-15-16(8)13-7/h3-4H,5-6H2,1-2H3,(H,11,13). The number of alkyl halides is 1. The molecule has 16 heavy (non-hydrogen) atoms. The van der Waals surface area contributed by atoms with E-state index in [9.17, 15) is 0 Å². The van der Waals surface area contributed by atoms with Crippen molar-refractivity contribution in [2.45, 2.75) is 13.8 Å². The molecule has 0 aromatic carbocycles. The molecule has 0 radical (unpaired) electrons. The summed E-state index contributed by atoms with van der Waals surface area (Å²) in [6, 6.07) is 3.65. The summed E-state index contributed by atoms with van der Waals surface area (Å²) in [5.41, 5.74) is 0.654. The lowest BCUT2D eigenvalue weighted by Crippen LogP contribution is -2.25. The van der Waals surface area contributed by atoms with E-state index in [1.165, 1.54) is 4.63 Å². The lowest BCUT2D eigenvalue weighted by molar-refractivity contribution is 0.449. The molecular formula is C9H13ClN6. The van der Waals surface area contributed by atoms with Gasteiger partial charge in [0.1, 0.15) is 5.82 Å². The highest BCUT2D eigenvalue weighted by atomic mass is 35.5. The molecule has 0 unspecified atom stereocenters. The van der Waals surface area contributed by atoms with Crippen molar-refractivity contribution >= 4 is 23.1 Å². The first-order chi connectivity index (χ1) is 7.61. The predicted molar refractivity (Wildman–Crippen MR) is 61.6 cm³/mol. The van der Waals surface area contributed by atoms with Crippen molar-refractivity contribution in [3.05, 3.63) is 12.1 Å². The van der Waals surface area contributed by atoms with Gasteiger partial charge in [-0.1, -0.05) is 13.8 Å².